The van der Waals surface area contributed by atoms with Crippen LogP contribution in [-0.2, 0) is 24.2 Å². The van der Waals surface area contributed by atoms with Crippen molar-refractivity contribution in [2.45, 2.75) is 77.1 Å². The molecule has 1 aromatic carbocycles. The summed E-state index contributed by atoms with van der Waals surface area (Å²) < 4.78 is 15.7. The molecule has 0 bridgehead atoms. The largest absolute Gasteiger partial charge is 0.390 e. The number of fused-ring (bicyclic) bond motifs is 1. The Hall–Kier alpha value is -2.74. The van der Waals surface area contributed by atoms with E-state index in [1.807, 2.05) is 4.90 Å². The number of alkyl halides is 1. The molecule has 0 radical (unpaired) electrons. The lowest BCUT2D eigenvalue weighted by Gasteiger charge is -2.33. The van der Waals surface area contributed by atoms with Gasteiger partial charge in [-0.05, 0) is 75.0 Å². The number of aliphatic hydroxyl groups is 1. The Morgan fingerprint density at radius 2 is 1.83 bits per heavy atom. The molecule has 2 atom stereocenters. The van der Waals surface area contributed by atoms with Gasteiger partial charge in [0.05, 0.1) is 12.6 Å². The molecule has 0 saturated carbocycles. The van der Waals surface area contributed by atoms with E-state index in [9.17, 15) is 19.1 Å². The third-order valence-corrected chi connectivity index (χ3v) is 8.22. The molecule has 2 saturated heterocycles. The second-order valence-corrected chi connectivity index (χ2v) is 10.4. The van der Waals surface area contributed by atoms with Crippen LogP contribution in [0.3, 0.4) is 0 Å². The number of hydrogen-bond acceptors (Lipinski definition) is 4. The minimum Gasteiger partial charge on any atom is -0.390 e. The number of benzene rings is 1. The summed E-state index contributed by atoms with van der Waals surface area (Å²) in [6, 6.07) is 6.47. The number of nitrogens with zero attached hydrogens (tertiary/aromatic N) is 4. The molecule has 1 N–H and O–H groups in total. The van der Waals surface area contributed by atoms with Crippen molar-refractivity contribution in [3.05, 3.63) is 51.8 Å². The molecule has 8 heteroatoms. The Balaban J connectivity index is 1.25. The fourth-order valence-electron chi connectivity index (χ4n) is 5.92. The van der Waals surface area contributed by atoms with Crippen molar-refractivity contribution in [2.75, 3.05) is 26.2 Å². The van der Waals surface area contributed by atoms with Gasteiger partial charge in [0.25, 0.3) is 5.91 Å². The summed E-state index contributed by atoms with van der Waals surface area (Å²) in [5, 5.41) is 14.2. The number of likely N-dealkylation sites (tertiary alicyclic amines) is 2. The van der Waals surface area contributed by atoms with E-state index in [2.05, 4.69) is 37.1 Å². The number of aryl methyl sites for hydroxylation is 1. The van der Waals surface area contributed by atoms with Gasteiger partial charge in [-0.2, -0.15) is 5.10 Å². The fraction of sp³-hybridized carbons (Fsp3) is 0.593. The minimum atomic E-state index is -1.43. The van der Waals surface area contributed by atoms with Gasteiger partial charge in [0.1, 0.15) is 12.7 Å². The van der Waals surface area contributed by atoms with Gasteiger partial charge in [0.15, 0.2) is 5.69 Å². The molecule has 3 heterocycles. The molecule has 35 heavy (non-hydrogen) atoms. The highest BCUT2D eigenvalue weighted by Crippen LogP contribution is 2.32. The second-order valence-electron chi connectivity index (χ2n) is 10.4. The van der Waals surface area contributed by atoms with Crippen molar-refractivity contribution >= 4 is 11.8 Å². The van der Waals surface area contributed by atoms with Crippen LogP contribution in [0.2, 0.25) is 0 Å². The Morgan fingerprint density at radius 1 is 1.09 bits per heavy atom. The maximum Gasteiger partial charge on any atom is 0.274 e. The topological polar surface area (TPSA) is 78.7 Å². The van der Waals surface area contributed by atoms with Crippen LogP contribution in [0.1, 0.15) is 70.0 Å². The van der Waals surface area contributed by atoms with Crippen molar-refractivity contribution in [3.63, 3.8) is 0 Å². The summed E-state index contributed by atoms with van der Waals surface area (Å²) in [6.45, 7) is 6.10. The standard InChI is InChI=1S/C27H35FN4O3/c1-17-5-3-6-20(18(17)2)19-9-12-30(13-10-19)25(34)16-32-23-8-4-7-21(23)26(29-32)27(35)31-14-11-24(33)22(28)15-31/h3,5-6,19,22,24,33H,4,7-16H2,1-2H3/t22-,24-/m0/s1. The highest BCUT2D eigenvalue weighted by molar-refractivity contribution is 5.94. The fourth-order valence-corrected chi connectivity index (χ4v) is 5.92. The van der Waals surface area contributed by atoms with E-state index in [1.54, 1.807) is 4.68 Å². The van der Waals surface area contributed by atoms with Crippen LogP contribution in [0, 0.1) is 13.8 Å². The molecule has 2 amide bonds. The number of amides is 2. The molecule has 0 unspecified atom stereocenters. The van der Waals surface area contributed by atoms with E-state index in [4.69, 9.17) is 0 Å². The normalized spacial score (nSPS) is 23.0. The molecule has 5 rings (SSSR count). The first-order valence-corrected chi connectivity index (χ1v) is 12.9. The molecule has 2 fully saturated rings. The van der Waals surface area contributed by atoms with Crippen LogP contribution in [0.5, 0.6) is 0 Å². The average Bonchev–Trinajstić information content (AvgIpc) is 3.46. The van der Waals surface area contributed by atoms with Gasteiger partial charge < -0.3 is 14.9 Å². The Bertz CT molecular complexity index is 1120. The van der Waals surface area contributed by atoms with Crippen LogP contribution in [-0.4, -0.2) is 75.0 Å². The van der Waals surface area contributed by atoms with Gasteiger partial charge in [0.2, 0.25) is 5.91 Å². The number of hydrogen-bond donors (Lipinski definition) is 1. The maximum absolute atomic E-state index is 14.0. The van der Waals surface area contributed by atoms with Crippen LogP contribution in [0.15, 0.2) is 18.2 Å². The van der Waals surface area contributed by atoms with E-state index >= 15 is 0 Å². The van der Waals surface area contributed by atoms with Crippen LogP contribution in [0.25, 0.3) is 0 Å². The van der Waals surface area contributed by atoms with E-state index in [0.29, 0.717) is 18.2 Å². The molecule has 2 aromatic rings. The Morgan fingerprint density at radius 3 is 2.57 bits per heavy atom. The monoisotopic (exact) mass is 482 g/mol. The SMILES string of the molecule is Cc1cccc(C2CCN(C(=O)Cn3nc(C(=O)N4CC[C@H](O)[C@@H](F)C4)c4c3CCC4)CC2)c1C. The molecule has 3 aliphatic rings. The lowest BCUT2D eigenvalue weighted by molar-refractivity contribution is -0.133. The highest BCUT2D eigenvalue weighted by atomic mass is 19.1. The second kappa shape index (κ2) is 9.72. The molecule has 1 aromatic heterocycles. The van der Waals surface area contributed by atoms with Crippen molar-refractivity contribution in [1.29, 1.82) is 0 Å². The van der Waals surface area contributed by atoms with Crippen LogP contribution < -0.4 is 0 Å². The third kappa shape index (κ3) is 4.60. The van der Waals surface area contributed by atoms with Gasteiger partial charge >= 0.3 is 0 Å². The smallest absolute Gasteiger partial charge is 0.274 e. The predicted molar refractivity (Wildman–Crippen MR) is 130 cm³/mol. The van der Waals surface area contributed by atoms with Gasteiger partial charge in [-0.1, -0.05) is 18.2 Å². The first-order valence-electron chi connectivity index (χ1n) is 12.9. The van der Waals surface area contributed by atoms with Crippen LogP contribution >= 0.6 is 0 Å². The Kier molecular flexibility index (Phi) is 6.66. The minimum absolute atomic E-state index is 0.0329. The zero-order valence-electron chi connectivity index (χ0n) is 20.7. The third-order valence-electron chi connectivity index (χ3n) is 8.22. The number of carbonyl (C=O) groups excluding carboxylic acids is 2. The highest BCUT2D eigenvalue weighted by Gasteiger charge is 2.35. The van der Waals surface area contributed by atoms with E-state index in [1.165, 1.54) is 21.6 Å². The molecule has 188 valence electrons. The van der Waals surface area contributed by atoms with Crippen LogP contribution in [0.4, 0.5) is 4.39 Å². The summed E-state index contributed by atoms with van der Waals surface area (Å²) in [4.78, 5) is 29.7. The molecule has 1 aliphatic carbocycles. The lowest BCUT2D eigenvalue weighted by atomic mass is 9.85. The summed E-state index contributed by atoms with van der Waals surface area (Å²) in [5.74, 6) is 0.211. The molecule has 7 nitrogen and oxygen atoms in total. The number of halogens is 1. The summed E-state index contributed by atoms with van der Waals surface area (Å²) in [5.41, 5.74) is 6.26. The molecule has 2 aliphatic heterocycles. The quantitative estimate of drug-likeness (QED) is 0.727. The predicted octanol–water partition coefficient (Wildman–Crippen LogP) is 2.94. The number of aliphatic hydroxyl groups excluding tert-OH is 1. The van der Waals surface area contributed by atoms with Gasteiger partial charge in [0, 0.05) is 30.9 Å². The van der Waals surface area contributed by atoms with Crippen molar-refractivity contribution in [3.8, 4) is 0 Å². The molecular formula is C27H35FN4O3. The maximum atomic E-state index is 14.0. The van der Waals surface area contributed by atoms with Gasteiger partial charge in [-0.3, -0.25) is 14.3 Å². The van der Waals surface area contributed by atoms with E-state index in [0.717, 1.165) is 56.5 Å². The van der Waals surface area contributed by atoms with Crippen molar-refractivity contribution in [2.24, 2.45) is 0 Å². The summed E-state index contributed by atoms with van der Waals surface area (Å²) in [7, 11) is 0. The number of piperidine rings is 2. The summed E-state index contributed by atoms with van der Waals surface area (Å²) in [6.07, 6.45) is 2.14. The zero-order valence-corrected chi connectivity index (χ0v) is 20.7. The van der Waals surface area contributed by atoms with E-state index < -0.39 is 12.3 Å². The zero-order chi connectivity index (χ0) is 24.7. The van der Waals surface area contributed by atoms with Gasteiger partial charge in [-0.25, -0.2) is 4.39 Å². The van der Waals surface area contributed by atoms with Gasteiger partial charge in [-0.15, -0.1) is 0 Å². The molecular weight excluding hydrogens is 447 g/mol. The van der Waals surface area contributed by atoms with Crippen molar-refractivity contribution in [1.82, 2.24) is 19.6 Å². The molecule has 0 spiro atoms. The van der Waals surface area contributed by atoms with E-state index in [-0.39, 0.29) is 31.3 Å². The number of rotatable bonds is 4. The lowest BCUT2D eigenvalue weighted by Crippen LogP contribution is -2.47. The number of carbonyl (C=O) groups is 2. The van der Waals surface area contributed by atoms with Crippen molar-refractivity contribution < 1.29 is 19.1 Å². The number of aromatic nitrogens is 2. The first kappa shape index (κ1) is 24.0. The Labute approximate surface area is 205 Å². The average molecular weight is 483 g/mol. The first-order chi connectivity index (χ1) is 16.8. The summed E-state index contributed by atoms with van der Waals surface area (Å²) >= 11 is 0.